The molecule has 0 fully saturated rings. The second-order valence-electron chi connectivity index (χ2n) is 4.28. The SMILES string of the molecule is CCCc1cc(NS(=O)(=O)c2ccccc2OC)n[nH]1. The van der Waals surface area contributed by atoms with Crippen LogP contribution in [0.25, 0.3) is 0 Å². The van der Waals surface area contributed by atoms with Crippen molar-refractivity contribution in [2.45, 2.75) is 24.7 Å². The number of para-hydroxylation sites is 1. The van der Waals surface area contributed by atoms with Crippen molar-refractivity contribution in [3.8, 4) is 5.75 Å². The van der Waals surface area contributed by atoms with Gasteiger partial charge in [-0.05, 0) is 18.6 Å². The Morgan fingerprint density at radius 3 is 2.80 bits per heavy atom. The summed E-state index contributed by atoms with van der Waals surface area (Å²) in [5.74, 6) is 0.573. The zero-order chi connectivity index (χ0) is 14.6. The molecule has 2 rings (SSSR count). The Bertz CT molecular complexity index is 680. The number of hydrogen-bond donors (Lipinski definition) is 2. The van der Waals surface area contributed by atoms with E-state index < -0.39 is 10.0 Å². The number of rotatable bonds is 6. The molecule has 20 heavy (non-hydrogen) atoms. The maximum atomic E-state index is 12.3. The van der Waals surface area contributed by atoms with Crippen molar-refractivity contribution in [1.29, 1.82) is 0 Å². The highest BCUT2D eigenvalue weighted by molar-refractivity contribution is 7.92. The van der Waals surface area contributed by atoms with E-state index in [-0.39, 0.29) is 10.7 Å². The zero-order valence-corrected chi connectivity index (χ0v) is 12.2. The van der Waals surface area contributed by atoms with Crippen LogP contribution in [0.15, 0.2) is 35.2 Å². The molecule has 2 aromatic rings. The van der Waals surface area contributed by atoms with Gasteiger partial charge in [-0.2, -0.15) is 5.10 Å². The highest BCUT2D eigenvalue weighted by atomic mass is 32.2. The lowest BCUT2D eigenvalue weighted by Crippen LogP contribution is -2.14. The van der Waals surface area contributed by atoms with Gasteiger partial charge in [0.25, 0.3) is 10.0 Å². The van der Waals surface area contributed by atoms with Gasteiger partial charge in [0.2, 0.25) is 0 Å². The summed E-state index contributed by atoms with van der Waals surface area (Å²) in [6.07, 6.45) is 1.78. The summed E-state index contributed by atoms with van der Waals surface area (Å²) in [6, 6.07) is 8.13. The van der Waals surface area contributed by atoms with Gasteiger partial charge >= 0.3 is 0 Å². The number of ether oxygens (including phenoxy) is 1. The molecule has 0 aliphatic carbocycles. The largest absolute Gasteiger partial charge is 0.495 e. The minimum atomic E-state index is -3.72. The first kappa shape index (κ1) is 14.4. The van der Waals surface area contributed by atoms with E-state index in [9.17, 15) is 8.42 Å². The Kier molecular flexibility index (Phi) is 4.29. The van der Waals surface area contributed by atoms with E-state index in [1.807, 2.05) is 6.92 Å². The van der Waals surface area contributed by atoms with E-state index in [1.165, 1.54) is 13.2 Å². The van der Waals surface area contributed by atoms with Gasteiger partial charge in [0.15, 0.2) is 5.82 Å². The molecule has 6 nitrogen and oxygen atoms in total. The summed E-state index contributed by atoms with van der Waals surface area (Å²) in [7, 11) is -2.28. The maximum absolute atomic E-state index is 12.3. The molecule has 0 saturated carbocycles. The molecule has 0 aliphatic rings. The zero-order valence-electron chi connectivity index (χ0n) is 11.4. The van der Waals surface area contributed by atoms with Gasteiger partial charge in [0, 0.05) is 11.8 Å². The molecule has 0 spiro atoms. The van der Waals surface area contributed by atoms with E-state index in [4.69, 9.17) is 4.74 Å². The third kappa shape index (κ3) is 3.11. The smallest absolute Gasteiger partial charge is 0.266 e. The van der Waals surface area contributed by atoms with Crippen LogP contribution in [0.2, 0.25) is 0 Å². The van der Waals surface area contributed by atoms with Crippen LogP contribution in [-0.4, -0.2) is 25.7 Å². The molecule has 0 atom stereocenters. The number of nitrogens with zero attached hydrogens (tertiary/aromatic N) is 1. The van der Waals surface area contributed by atoms with Crippen LogP contribution in [0.1, 0.15) is 19.0 Å². The second kappa shape index (κ2) is 5.96. The Morgan fingerprint density at radius 2 is 2.10 bits per heavy atom. The molecule has 7 heteroatoms. The van der Waals surface area contributed by atoms with Crippen LogP contribution in [-0.2, 0) is 16.4 Å². The lowest BCUT2D eigenvalue weighted by Gasteiger charge is -2.09. The third-order valence-corrected chi connectivity index (χ3v) is 4.14. The van der Waals surface area contributed by atoms with Gasteiger partial charge in [0.05, 0.1) is 7.11 Å². The normalized spacial score (nSPS) is 11.3. The molecule has 1 aromatic heterocycles. The number of anilines is 1. The summed E-state index contributed by atoms with van der Waals surface area (Å²) >= 11 is 0. The summed E-state index contributed by atoms with van der Waals surface area (Å²) in [5, 5.41) is 6.75. The van der Waals surface area contributed by atoms with Crippen molar-refractivity contribution < 1.29 is 13.2 Å². The number of aryl methyl sites for hydroxylation is 1. The lowest BCUT2D eigenvalue weighted by atomic mass is 10.2. The van der Waals surface area contributed by atoms with Gasteiger partial charge in [-0.1, -0.05) is 25.5 Å². The highest BCUT2D eigenvalue weighted by Gasteiger charge is 2.20. The predicted octanol–water partition coefficient (Wildman–Crippen LogP) is 2.17. The van der Waals surface area contributed by atoms with E-state index in [0.717, 1.165) is 18.5 Å². The fraction of sp³-hybridized carbons (Fsp3) is 0.308. The number of sulfonamides is 1. The molecule has 1 aromatic carbocycles. The molecule has 0 saturated heterocycles. The number of hydrogen-bond acceptors (Lipinski definition) is 4. The number of benzene rings is 1. The molecule has 0 aliphatic heterocycles. The number of methoxy groups -OCH3 is 1. The van der Waals surface area contributed by atoms with Crippen molar-refractivity contribution in [3.05, 3.63) is 36.0 Å². The Morgan fingerprint density at radius 1 is 1.35 bits per heavy atom. The van der Waals surface area contributed by atoms with Gasteiger partial charge in [0.1, 0.15) is 10.6 Å². The molecule has 0 amide bonds. The minimum absolute atomic E-state index is 0.0857. The van der Waals surface area contributed by atoms with Gasteiger partial charge in [-0.3, -0.25) is 9.82 Å². The molecule has 0 radical (unpaired) electrons. The highest BCUT2D eigenvalue weighted by Crippen LogP contribution is 2.24. The number of H-pyrrole nitrogens is 1. The lowest BCUT2D eigenvalue weighted by molar-refractivity contribution is 0.403. The average molecular weight is 295 g/mol. The van der Waals surface area contributed by atoms with Crippen LogP contribution in [0.5, 0.6) is 5.75 Å². The van der Waals surface area contributed by atoms with Crippen molar-refractivity contribution >= 4 is 15.8 Å². The molecule has 2 N–H and O–H groups in total. The van der Waals surface area contributed by atoms with E-state index in [0.29, 0.717) is 5.75 Å². The fourth-order valence-electron chi connectivity index (χ4n) is 1.84. The van der Waals surface area contributed by atoms with E-state index >= 15 is 0 Å². The van der Waals surface area contributed by atoms with Crippen LogP contribution < -0.4 is 9.46 Å². The Hall–Kier alpha value is -2.02. The molecule has 1 heterocycles. The van der Waals surface area contributed by atoms with Crippen LogP contribution in [0, 0.1) is 0 Å². The molecule has 0 bridgehead atoms. The predicted molar refractivity (Wildman–Crippen MR) is 76.4 cm³/mol. The minimum Gasteiger partial charge on any atom is -0.495 e. The topological polar surface area (TPSA) is 84.1 Å². The first-order valence-electron chi connectivity index (χ1n) is 6.27. The molecular formula is C13H17N3O3S. The van der Waals surface area contributed by atoms with Crippen LogP contribution in [0.3, 0.4) is 0 Å². The summed E-state index contributed by atoms with van der Waals surface area (Å²) < 4.78 is 32.1. The van der Waals surface area contributed by atoms with E-state index in [2.05, 4.69) is 14.9 Å². The molecule has 0 unspecified atom stereocenters. The fourth-order valence-corrected chi connectivity index (χ4v) is 3.01. The monoisotopic (exact) mass is 295 g/mol. The number of aromatic nitrogens is 2. The van der Waals surface area contributed by atoms with Crippen LogP contribution >= 0.6 is 0 Å². The number of nitrogens with one attached hydrogen (secondary N) is 2. The Balaban J connectivity index is 2.26. The standard InChI is InChI=1S/C13H17N3O3S/c1-3-6-10-9-13(15-14-10)16-20(17,18)12-8-5-4-7-11(12)19-2/h4-5,7-9H,3,6H2,1-2H3,(H2,14,15,16). The van der Waals surface area contributed by atoms with Gasteiger partial charge < -0.3 is 4.74 Å². The number of aromatic amines is 1. The van der Waals surface area contributed by atoms with Gasteiger partial charge in [-0.25, -0.2) is 8.42 Å². The van der Waals surface area contributed by atoms with Crippen molar-refractivity contribution in [3.63, 3.8) is 0 Å². The first-order valence-corrected chi connectivity index (χ1v) is 7.75. The van der Waals surface area contributed by atoms with Crippen LogP contribution in [0.4, 0.5) is 5.82 Å². The summed E-state index contributed by atoms with van der Waals surface area (Å²) in [5.41, 5.74) is 0.894. The maximum Gasteiger partial charge on any atom is 0.266 e. The molecule has 108 valence electrons. The third-order valence-electron chi connectivity index (χ3n) is 2.75. The van der Waals surface area contributed by atoms with Crippen molar-refractivity contribution in [2.75, 3.05) is 11.8 Å². The van der Waals surface area contributed by atoms with E-state index in [1.54, 1.807) is 24.3 Å². The quantitative estimate of drug-likeness (QED) is 0.855. The van der Waals surface area contributed by atoms with Crippen molar-refractivity contribution in [2.24, 2.45) is 0 Å². The summed E-state index contributed by atoms with van der Waals surface area (Å²) in [6.45, 7) is 2.04. The Labute approximate surface area is 118 Å². The van der Waals surface area contributed by atoms with Crippen molar-refractivity contribution in [1.82, 2.24) is 10.2 Å². The second-order valence-corrected chi connectivity index (χ2v) is 5.94. The first-order chi connectivity index (χ1) is 9.56. The summed E-state index contributed by atoms with van der Waals surface area (Å²) in [4.78, 5) is 0.0857. The van der Waals surface area contributed by atoms with Gasteiger partial charge in [-0.15, -0.1) is 0 Å². The molecular weight excluding hydrogens is 278 g/mol. The average Bonchev–Trinajstić information content (AvgIpc) is 2.85.